The van der Waals surface area contributed by atoms with E-state index in [0.717, 1.165) is 25.8 Å². The summed E-state index contributed by atoms with van der Waals surface area (Å²) in [4.78, 5) is 10.5. The zero-order valence-corrected chi connectivity index (χ0v) is 10.4. The lowest BCUT2D eigenvalue weighted by Gasteiger charge is -2.26. The summed E-state index contributed by atoms with van der Waals surface area (Å²) in [6.07, 6.45) is 2.98. The molecule has 1 heterocycles. The number of nitrogens with one attached hydrogen (secondary N) is 1. The summed E-state index contributed by atoms with van der Waals surface area (Å²) in [5.74, 6) is 7.30. The Bertz CT molecular complexity index is 382. The molecule has 18 heavy (non-hydrogen) atoms. The van der Waals surface area contributed by atoms with E-state index in [1.165, 1.54) is 11.1 Å². The van der Waals surface area contributed by atoms with Gasteiger partial charge >= 0.3 is 5.97 Å². The SMILES string of the molecule is NN.O=C(O)CCCC1NCCc2ccccc21. The highest BCUT2D eigenvalue weighted by atomic mass is 16.4. The molecule has 2 rings (SSSR count). The molecule has 5 nitrogen and oxygen atoms in total. The van der Waals surface area contributed by atoms with E-state index in [2.05, 4.69) is 41.3 Å². The number of benzene rings is 1. The van der Waals surface area contributed by atoms with Gasteiger partial charge in [-0.25, -0.2) is 0 Å². The van der Waals surface area contributed by atoms with Crippen molar-refractivity contribution in [3.63, 3.8) is 0 Å². The van der Waals surface area contributed by atoms with Gasteiger partial charge in [0.1, 0.15) is 0 Å². The minimum Gasteiger partial charge on any atom is -0.481 e. The summed E-state index contributed by atoms with van der Waals surface area (Å²) in [5.41, 5.74) is 2.75. The number of aliphatic carboxylic acids is 1. The zero-order chi connectivity index (χ0) is 13.4. The maximum Gasteiger partial charge on any atom is 0.303 e. The van der Waals surface area contributed by atoms with Crippen LogP contribution in [-0.4, -0.2) is 17.6 Å². The first kappa shape index (κ1) is 14.6. The number of hydrazine groups is 1. The van der Waals surface area contributed by atoms with Gasteiger partial charge < -0.3 is 10.4 Å². The molecule has 1 aliphatic rings. The third kappa shape index (κ3) is 4.10. The van der Waals surface area contributed by atoms with Gasteiger partial charge in [0.15, 0.2) is 0 Å². The molecular formula is C13H21N3O2. The Hall–Kier alpha value is -1.43. The van der Waals surface area contributed by atoms with Gasteiger partial charge in [0, 0.05) is 12.5 Å². The number of carboxylic acids is 1. The van der Waals surface area contributed by atoms with Crippen LogP contribution >= 0.6 is 0 Å². The molecule has 0 saturated heterocycles. The zero-order valence-electron chi connectivity index (χ0n) is 10.4. The van der Waals surface area contributed by atoms with Crippen molar-refractivity contribution in [2.45, 2.75) is 31.7 Å². The predicted molar refractivity (Wildman–Crippen MR) is 70.8 cm³/mol. The maximum atomic E-state index is 10.5. The Labute approximate surface area is 107 Å². The largest absolute Gasteiger partial charge is 0.481 e. The predicted octanol–water partition coefficient (Wildman–Crippen LogP) is 0.947. The van der Waals surface area contributed by atoms with Gasteiger partial charge in [-0.3, -0.25) is 16.5 Å². The minimum absolute atomic E-state index is 0.264. The van der Waals surface area contributed by atoms with Crippen LogP contribution in [0.25, 0.3) is 0 Å². The molecule has 0 aromatic heterocycles. The quantitative estimate of drug-likeness (QED) is 0.471. The summed E-state index contributed by atoms with van der Waals surface area (Å²) >= 11 is 0. The first-order valence-corrected chi connectivity index (χ1v) is 6.13. The van der Waals surface area contributed by atoms with Gasteiger partial charge in [0.05, 0.1) is 0 Å². The molecule has 1 aromatic rings. The third-order valence-electron chi connectivity index (χ3n) is 3.10. The summed E-state index contributed by atoms with van der Waals surface area (Å²) < 4.78 is 0. The fourth-order valence-electron chi connectivity index (χ4n) is 2.31. The van der Waals surface area contributed by atoms with Crippen molar-refractivity contribution in [2.75, 3.05) is 6.54 Å². The lowest BCUT2D eigenvalue weighted by Crippen LogP contribution is -2.29. The van der Waals surface area contributed by atoms with Crippen molar-refractivity contribution < 1.29 is 9.90 Å². The molecule has 1 aromatic carbocycles. The Morgan fingerprint density at radius 2 is 2.11 bits per heavy atom. The van der Waals surface area contributed by atoms with Gasteiger partial charge in [-0.05, 0) is 36.9 Å². The van der Waals surface area contributed by atoms with Crippen LogP contribution in [0.2, 0.25) is 0 Å². The molecule has 0 aliphatic carbocycles. The standard InChI is InChI=1S/C13H17NO2.H4N2/c15-13(16)7-3-6-12-11-5-2-1-4-10(11)8-9-14-12;1-2/h1-2,4-5,12,14H,3,6-9H2,(H,15,16);1-2H2. The second-order valence-electron chi connectivity index (χ2n) is 4.24. The van der Waals surface area contributed by atoms with Crippen molar-refractivity contribution in [3.8, 4) is 0 Å². The highest BCUT2D eigenvalue weighted by molar-refractivity contribution is 5.66. The van der Waals surface area contributed by atoms with E-state index in [1.54, 1.807) is 0 Å². The van der Waals surface area contributed by atoms with Crippen LogP contribution < -0.4 is 17.0 Å². The number of hydrogen-bond acceptors (Lipinski definition) is 4. The second-order valence-corrected chi connectivity index (χ2v) is 4.24. The van der Waals surface area contributed by atoms with Crippen LogP contribution in [0.4, 0.5) is 0 Å². The van der Waals surface area contributed by atoms with E-state index in [4.69, 9.17) is 5.11 Å². The summed E-state index contributed by atoms with van der Waals surface area (Å²) in [5, 5.41) is 12.1. The average molecular weight is 251 g/mol. The molecule has 0 saturated carbocycles. The Morgan fingerprint density at radius 3 is 2.83 bits per heavy atom. The molecule has 6 N–H and O–H groups in total. The Morgan fingerprint density at radius 1 is 1.39 bits per heavy atom. The molecule has 1 unspecified atom stereocenters. The average Bonchev–Trinajstić information content (AvgIpc) is 2.41. The number of nitrogens with two attached hydrogens (primary N) is 2. The van der Waals surface area contributed by atoms with E-state index >= 15 is 0 Å². The van der Waals surface area contributed by atoms with E-state index in [0.29, 0.717) is 6.04 Å². The Balaban J connectivity index is 0.000000771. The van der Waals surface area contributed by atoms with E-state index in [1.807, 2.05) is 0 Å². The Kier molecular flexibility index (Phi) is 6.35. The van der Waals surface area contributed by atoms with Crippen LogP contribution in [0.3, 0.4) is 0 Å². The molecule has 100 valence electrons. The number of fused-ring (bicyclic) bond motifs is 1. The number of hydrogen-bond donors (Lipinski definition) is 4. The third-order valence-corrected chi connectivity index (χ3v) is 3.10. The van der Waals surface area contributed by atoms with Crippen molar-refractivity contribution in [1.29, 1.82) is 0 Å². The normalized spacial score (nSPS) is 17.3. The lowest BCUT2D eigenvalue weighted by atomic mass is 9.91. The highest BCUT2D eigenvalue weighted by Crippen LogP contribution is 2.26. The van der Waals surface area contributed by atoms with Crippen molar-refractivity contribution in [3.05, 3.63) is 35.4 Å². The summed E-state index contributed by atoms with van der Waals surface area (Å²) in [6.45, 7) is 0.995. The maximum absolute atomic E-state index is 10.5. The monoisotopic (exact) mass is 251 g/mol. The van der Waals surface area contributed by atoms with E-state index < -0.39 is 5.97 Å². The van der Waals surface area contributed by atoms with Gasteiger partial charge in [-0.2, -0.15) is 0 Å². The molecule has 0 spiro atoms. The number of carboxylic acid groups (broad SMARTS) is 1. The van der Waals surface area contributed by atoms with Crippen LogP contribution in [0.5, 0.6) is 0 Å². The van der Waals surface area contributed by atoms with Crippen molar-refractivity contribution >= 4 is 5.97 Å². The molecule has 0 radical (unpaired) electrons. The summed E-state index contributed by atoms with van der Waals surface area (Å²) in [6, 6.07) is 8.77. The van der Waals surface area contributed by atoms with Crippen LogP contribution in [-0.2, 0) is 11.2 Å². The van der Waals surface area contributed by atoms with Gasteiger partial charge in [0.25, 0.3) is 0 Å². The molecule has 0 amide bonds. The second kappa shape index (κ2) is 7.81. The van der Waals surface area contributed by atoms with E-state index in [-0.39, 0.29) is 6.42 Å². The lowest BCUT2D eigenvalue weighted by molar-refractivity contribution is -0.137. The molecule has 0 bridgehead atoms. The van der Waals surface area contributed by atoms with Crippen molar-refractivity contribution in [2.24, 2.45) is 11.7 Å². The fourth-order valence-corrected chi connectivity index (χ4v) is 2.31. The van der Waals surface area contributed by atoms with E-state index in [9.17, 15) is 4.79 Å². The number of carbonyl (C=O) groups is 1. The first-order chi connectivity index (χ1) is 8.77. The molecule has 1 atom stereocenters. The minimum atomic E-state index is -0.705. The van der Waals surface area contributed by atoms with Gasteiger partial charge in [0.2, 0.25) is 0 Å². The molecule has 5 heteroatoms. The van der Waals surface area contributed by atoms with Crippen LogP contribution in [0.15, 0.2) is 24.3 Å². The van der Waals surface area contributed by atoms with Gasteiger partial charge in [-0.15, -0.1) is 0 Å². The smallest absolute Gasteiger partial charge is 0.303 e. The van der Waals surface area contributed by atoms with Crippen LogP contribution in [0.1, 0.15) is 36.4 Å². The fraction of sp³-hybridized carbons (Fsp3) is 0.462. The van der Waals surface area contributed by atoms with Gasteiger partial charge in [-0.1, -0.05) is 24.3 Å². The topological polar surface area (TPSA) is 101 Å². The molecular weight excluding hydrogens is 230 g/mol. The first-order valence-electron chi connectivity index (χ1n) is 6.13. The molecule has 1 aliphatic heterocycles. The summed E-state index contributed by atoms with van der Waals surface area (Å²) in [7, 11) is 0. The number of rotatable bonds is 4. The van der Waals surface area contributed by atoms with Crippen molar-refractivity contribution in [1.82, 2.24) is 5.32 Å². The highest BCUT2D eigenvalue weighted by Gasteiger charge is 2.18. The molecule has 0 fully saturated rings. The van der Waals surface area contributed by atoms with Crippen LogP contribution in [0, 0.1) is 0 Å².